The van der Waals surface area contributed by atoms with Crippen molar-refractivity contribution in [2.45, 2.75) is 19.9 Å². The quantitative estimate of drug-likeness (QED) is 0.861. The third-order valence-electron chi connectivity index (χ3n) is 2.36. The van der Waals surface area contributed by atoms with Crippen LogP contribution in [-0.4, -0.2) is 16.7 Å². The smallest absolute Gasteiger partial charge is 0.227 e. The number of halogens is 1. The van der Waals surface area contributed by atoms with Gasteiger partial charge in [-0.15, -0.1) is 0 Å². The number of aryl methyl sites for hydroxylation is 1. The number of benzene rings is 1. The molecule has 0 unspecified atom stereocenters. The van der Waals surface area contributed by atoms with Crippen molar-refractivity contribution in [1.29, 1.82) is 0 Å². The molecule has 1 N–H and O–H groups in total. The minimum atomic E-state index is 0.683. The van der Waals surface area contributed by atoms with Gasteiger partial charge in [-0.1, -0.05) is 39.3 Å². The first-order chi connectivity index (χ1) is 8.25. The summed E-state index contributed by atoms with van der Waals surface area (Å²) in [7, 11) is 0. The zero-order valence-corrected chi connectivity index (χ0v) is 11.2. The summed E-state index contributed by atoms with van der Waals surface area (Å²) in [4.78, 5) is 4.15. The molecule has 1 aromatic heterocycles. The minimum absolute atomic E-state index is 0.683. The van der Waals surface area contributed by atoms with E-state index >= 15 is 0 Å². The molecular weight excluding hydrogens is 282 g/mol. The Bertz CT molecular complexity index is 484. The van der Waals surface area contributed by atoms with E-state index in [1.165, 1.54) is 5.56 Å². The van der Waals surface area contributed by atoms with Crippen molar-refractivity contribution in [2.75, 3.05) is 6.54 Å². The number of nitrogens with zero attached hydrogens (tertiary/aromatic N) is 2. The van der Waals surface area contributed by atoms with Gasteiger partial charge < -0.3 is 9.84 Å². The van der Waals surface area contributed by atoms with E-state index in [1.807, 2.05) is 25.1 Å². The molecule has 0 saturated carbocycles. The topological polar surface area (TPSA) is 51.0 Å². The molecule has 0 saturated heterocycles. The number of nitrogens with one attached hydrogen (secondary N) is 1. The number of hydrogen-bond acceptors (Lipinski definition) is 4. The lowest BCUT2D eigenvalue weighted by Crippen LogP contribution is -2.17. The predicted molar refractivity (Wildman–Crippen MR) is 68.6 cm³/mol. The van der Waals surface area contributed by atoms with Crippen LogP contribution in [0.5, 0.6) is 0 Å². The number of aromatic nitrogens is 2. The molecule has 2 rings (SSSR count). The van der Waals surface area contributed by atoms with E-state index in [0.29, 0.717) is 11.7 Å². The first-order valence-electron chi connectivity index (χ1n) is 5.49. The van der Waals surface area contributed by atoms with Gasteiger partial charge in [-0.3, -0.25) is 0 Å². The van der Waals surface area contributed by atoms with Gasteiger partial charge in [0, 0.05) is 24.0 Å². The Hall–Kier alpha value is -1.20. The maximum atomic E-state index is 5.03. The molecule has 90 valence electrons. The summed E-state index contributed by atoms with van der Waals surface area (Å²) < 4.78 is 6.16. The highest BCUT2D eigenvalue weighted by atomic mass is 79.9. The monoisotopic (exact) mass is 295 g/mol. The van der Waals surface area contributed by atoms with Gasteiger partial charge >= 0.3 is 0 Å². The van der Waals surface area contributed by atoms with E-state index in [1.54, 1.807) is 0 Å². The van der Waals surface area contributed by atoms with Crippen LogP contribution in [0.1, 0.15) is 17.3 Å². The second kappa shape index (κ2) is 5.93. The first kappa shape index (κ1) is 12.3. The molecular formula is C12H14BrN3O. The van der Waals surface area contributed by atoms with Crippen LogP contribution in [0.15, 0.2) is 33.3 Å². The summed E-state index contributed by atoms with van der Waals surface area (Å²) in [5.41, 5.74) is 1.24. The van der Waals surface area contributed by atoms with Crippen molar-refractivity contribution in [3.63, 3.8) is 0 Å². The highest BCUT2D eigenvalue weighted by Gasteiger charge is 2.02. The molecule has 1 heterocycles. The maximum Gasteiger partial charge on any atom is 0.227 e. The maximum absolute atomic E-state index is 5.03. The lowest BCUT2D eigenvalue weighted by molar-refractivity contribution is 0.372. The van der Waals surface area contributed by atoms with Crippen molar-refractivity contribution < 1.29 is 4.52 Å². The van der Waals surface area contributed by atoms with E-state index in [-0.39, 0.29) is 0 Å². The van der Waals surface area contributed by atoms with Gasteiger partial charge in [0.1, 0.15) is 0 Å². The Morgan fingerprint density at radius 2 is 2.18 bits per heavy atom. The lowest BCUT2D eigenvalue weighted by atomic mass is 10.2. The molecule has 0 aliphatic rings. The molecule has 5 heteroatoms. The second-order valence-electron chi connectivity index (χ2n) is 3.75. The normalized spacial score (nSPS) is 10.7. The molecule has 0 atom stereocenters. The predicted octanol–water partition coefficient (Wildman–Crippen LogP) is 2.47. The van der Waals surface area contributed by atoms with Gasteiger partial charge in [-0.05, 0) is 18.6 Å². The molecule has 0 aliphatic heterocycles. The first-order valence-corrected chi connectivity index (χ1v) is 6.28. The van der Waals surface area contributed by atoms with Crippen molar-refractivity contribution in [1.82, 2.24) is 15.5 Å². The van der Waals surface area contributed by atoms with E-state index in [0.717, 1.165) is 24.0 Å². The fraction of sp³-hybridized carbons (Fsp3) is 0.333. The summed E-state index contributed by atoms with van der Waals surface area (Å²) in [6.07, 6.45) is 0.755. The van der Waals surface area contributed by atoms with Crippen molar-refractivity contribution in [3.8, 4) is 0 Å². The minimum Gasteiger partial charge on any atom is -0.339 e. The van der Waals surface area contributed by atoms with Crippen LogP contribution in [-0.2, 0) is 13.0 Å². The zero-order valence-electron chi connectivity index (χ0n) is 9.61. The molecule has 0 fully saturated rings. The number of hydrogen-bond donors (Lipinski definition) is 1. The van der Waals surface area contributed by atoms with Crippen LogP contribution in [0.4, 0.5) is 0 Å². The van der Waals surface area contributed by atoms with Crippen molar-refractivity contribution >= 4 is 15.9 Å². The third-order valence-corrected chi connectivity index (χ3v) is 3.13. The van der Waals surface area contributed by atoms with Crippen molar-refractivity contribution in [2.24, 2.45) is 0 Å². The van der Waals surface area contributed by atoms with Crippen LogP contribution in [0.2, 0.25) is 0 Å². The number of rotatable bonds is 5. The highest BCUT2D eigenvalue weighted by Crippen LogP contribution is 2.15. The van der Waals surface area contributed by atoms with E-state index in [9.17, 15) is 0 Å². The Morgan fingerprint density at radius 1 is 1.35 bits per heavy atom. The van der Waals surface area contributed by atoms with Crippen LogP contribution < -0.4 is 5.32 Å². The van der Waals surface area contributed by atoms with Crippen LogP contribution in [0.3, 0.4) is 0 Å². The average molecular weight is 296 g/mol. The van der Waals surface area contributed by atoms with Crippen LogP contribution in [0, 0.1) is 6.92 Å². The molecule has 1 aromatic carbocycles. The Morgan fingerprint density at radius 3 is 2.88 bits per heavy atom. The summed E-state index contributed by atoms with van der Waals surface area (Å²) in [6.45, 7) is 3.47. The lowest BCUT2D eigenvalue weighted by Gasteiger charge is -2.05. The highest BCUT2D eigenvalue weighted by molar-refractivity contribution is 9.10. The Balaban J connectivity index is 1.75. The fourth-order valence-electron chi connectivity index (χ4n) is 1.50. The SMILES string of the molecule is Cc1noc(CCNCc2ccccc2Br)n1. The van der Waals surface area contributed by atoms with E-state index in [4.69, 9.17) is 4.52 Å². The third kappa shape index (κ3) is 3.64. The van der Waals surface area contributed by atoms with Gasteiger partial charge in [-0.2, -0.15) is 4.98 Å². The Kier molecular flexibility index (Phi) is 4.28. The largest absolute Gasteiger partial charge is 0.339 e. The van der Waals surface area contributed by atoms with Crippen molar-refractivity contribution in [3.05, 3.63) is 46.0 Å². The fourth-order valence-corrected chi connectivity index (χ4v) is 1.93. The average Bonchev–Trinajstić information content (AvgIpc) is 2.73. The Labute approximate surface area is 109 Å². The molecule has 0 radical (unpaired) electrons. The van der Waals surface area contributed by atoms with Gasteiger partial charge in [-0.25, -0.2) is 0 Å². The van der Waals surface area contributed by atoms with Gasteiger partial charge in [0.05, 0.1) is 0 Å². The molecule has 2 aromatic rings. The molecule has 4 nitrogen and oxygen atoms in total. The molecule has 0 spiro atoms. The standard InChI is InChI=1S/C12H14BrN3O/c1-9-15-12(17-16-9)6-7-14-8-10-4-2-3-5-11(10)13/h2-5,14H,6-8H2,1H3. The van der Waals surface area contributed by atoms with E-state index in [2.05, 4.69) is 37.5 Å². The molecule has 0 aliphatic carbocycles. The van der Waals surface area contributed by atoms with Gasteiger partial charge in [0.2, 0.25) is 5.89 Å². The summed E-state index contributed by atoms with van der Waals surface area (Å²) >= 11 is 3.52. The van der Waals surface area contributed by atoms with Gasteiger partial charge in [0.25, 0.3) is 0 Å². The molecule has 0 bridgehead atoms. The summed E-state index contributed by atoms with van der Waals surface area (Å²) in [5.74, 6) is 1.37. The molecule has 0 amide bonds. The van der Waals surface area contributed by atoms with Crippen LogP contribution >= 0.6 is 15.9 Å². The zero-order chi connectivity index (χ0) is 12.1. The second-order valence-corrected chi connectivity index (χ2v) is 4.61. The van der Waals surface area contributed by atoms with Gasteiger partial charge in [0.15, 0.2) is 5.82 Å². The summed E-state index contributed by atoms with van der Waals surface area (Å²) in [6, 6.07) is 8.17. The van der Waals surface area contributed by atoms with E-state index < -0.39 is 0 Å². The molecule has 17 heavy (non-hydrogen) atoms. The summed E-state index contributed by atoms with van der Waals surface area (Å²) in [5, 5.41) is 7.09. The van der Waals surface area contributed by atoms with Crippen LogP contribution in [0.25, 0.3) is 0 Å².